The van der Waals surface area contributed by atoms with Gasteiger partial charge in [0.25, 0.3) is 5.91 Å². The zero-order valence-corrected chi connectivity index (χ0v) is 14.1. The number of hydrogen-bond donors (Lipinski definition) is 2. The molecule has 0 bridgehead atoms. The van der Waals surface area contributed by atoms with Gasteiger partial charge in [0.15, 0.2) is 0 Å². The zero-order chi connectivity index (χ0) is 17.9. The lowest BCUT2D eigenvalue weighted by Gasteiger charge is -2.16. The van der Waals surface area contributed by atoms with Crippen LogP contribution in [0.2, 0.25) is 0 Å². The number of benzene rings is 1. The molecular formula is C18H20N6O2. The van der Waals surface area contributed by atoms with Crippen LogP contribution < -0.4 is 5.32 Å². The molecule has 2 N–H and O–H groups in total. The summed E-state index contributed by atoms with van der Waals surface area (Å²) in [4.78, 5) is 12.6. The fourth-order valence-electron chi connectivity index (χ4n) is 3.48. The molecule has 134 valence electrons. The third kappa shape index (κ3) is 3.50. The number of carbonyl (C=O) groups excluding carboxylic acids is 1. The molecule has 1 aliphatic rings. The molecule has 2 aromatic heterocycles. The maximum absolute atomic E-state index is 12.6. The van der Waals surface area contributed by atoms with Gasteiger partial charge in [-0.2, -0.15) is 5.10 Å². The fourth-order valence-corrected chi connectivity index (χ4v) is 3.48. The zero-order valence-electron chi connectivity index (χ0n) is 14.1. The van der Waals surface area contributed by atoms with Gasteiger partial charge in [0.05, 0.1) is 30.2 Å². The second-order valence-corrected chi connectivity index (χ2v) is 6.61. The van der Waals surface area contributed by atoms with Crippen LogP contribution in [-0.4, -0.2) is 47.9 Å². The van der Waals surface area contributed by atoms with Gasteiger partial charge in [-0.3, -0.25) is 9.48 Å². The molecule has 0 saturated heterocycles. The molecule has 1 saturated carbocycles. The van der Waals surface area contributed by atoms with Gasteiger partial charge in [0.2, 0.25) is 0 Å². The molecule has 1 aromatic carbocycles. The van der Waals surface area contributed by atoms with Crippen LogP contribution in [-0.2, 0) is 6.54 Å². The summed E-state index contributed by atoms with van der Waals surface area (Å²) in [7, 11) is 0. The van der Waals surface area contributed by atoms with E-state index in [0.29, 0.717) is 12.0 Å². The minimum Gasteiger partial charge on any atom is -0.391 e. The Bertz CT molecular complexity index is 862. The monoisotopic (exact) mass is 352 g/mol. The van der Waals surface area contributed by atoms with Crippen molar-refractivity contribution in [3.63, 3.8) is 0 Å². The molecule has 2 heterocycles. The average molecular weight is 352 g/mol. The van der Waals surface area contributed by atoms with Gasteiger partial charge >= 0.3 is 0 Å². The van der Waals surface area contributed by atoms with Crippen LogP contribution in [0.15, 0.2) is 55.1 Å². The molecule has 8 nitrogen and oxygen atoms in total. The summed E-state index contributed by atoms with van der Waals surface area (Å²) in [6, 6.07) is 8.80. The molecular weight excluding hydrogens is 332 g/mol. The summed E-state index contributed by atoms with van der Waals surface area (Å²) in [6.07, 6.45) is 7.80. The highest BCUT2D eigenvalue weighted by molar-refractivity contribution is 5.95. The third-order valence-electron chi connectivity index (χ3n) is 4.74. The summed E-state index contributed by atoms with van der Waals surface area (Å²) in [5.41, 5.74) is 1.29. The highest BCUT2D eigenvalue weighted by atomic mass is 16.3. The van der Waals surface area contributed by atoms with Gasteiger partial charge in [0.1, 0.15) is 0 Å². The van der Waals surface area contributed by atoms with Crippen molar-refractivity contribution in [2.75, 3.05) is 0 Å². The average Bonchev–Trinajstić information content (AvgIpc) is 3.39. The number of carbonyl (C=O) groups is 1. The number of nitrogens with zero attached hydrogens (tertiary/aromatic N) is 5. The molecule has 0 radical (unpaired) electrons. The van der Waals surface area contributed by atoms with Crippen molar-refractivity contribution < 1.29 is 9.90 Å². The van der Waals surface area contributed by atoms with E-state index in [2.05, 4.69) is 20.7 Å². The minimum absolute atomic E-state index is 0.198. The van der Waals surface area contributed by atoms with E-state index in [9.17, 15) is 9.90 Å². The van der Waals surface area contributed by atoms with Gasteiger partial charge in [-0.25, -0.2) is 4.68 Å². The molecule has 1 unspecified atom stereocenters. The predicted molar refractivity (Wildman–Crippen MR) is 93.6 cm³/mol. The molecule has 1 aliphatic carbocycles. The van der Waals surface area contributed by atoms with Crippen molar-refractivity contribution in [2.45, 2.75) is 31.5 Å². The van der Waals surface area contributed by atoms with E-state index in [1.54, 1.807) is 41.5 Å². The standard InChI is InChI=1S/C18H20N6O2/c25-17-10-13(12-23-7-2-5-20-23)9-16(17)21-18(26)14-3-1-4-15(11-14)24-8-6-19-22-24/h1-8,11,13,16-17,25H,9-10,12H2,(H,21,26)/t13?,16-,17-/m1/s1. The smallest absolute Gasteiger partial charge is 0.251 e. The normalized spacial score (nSPS) is 22.4. The van der Waals surface area contributed by atoms with Crippen LogP contribution in [0.3, 0.4) is 0 Å². The maximum Gasteiger partial charge on any atom is 0.251 e. The third-order valence-corrected chi connectivity index (χ3v) is 4.74. The molecule has 3 atom stereocenters. The van der Waals surface area contributed by atoms with Gasteiger partial charge in [-0.15, -0.1) is 5.10 Å². The molecule has 1 amide bonds. The Kier molecular flexibility index (Phi) is 4.49. The van der Waals surface area contributed by atoms with Crippen LogP contribution >= 0.6 is 0 Å². The highest BCUT2D eigenvalue weighted by Gasteiger charge is 2.34. The second kappa shape index (κ2) is 7.09. The van der Waals surface area contributed by atoms with E-state index in [1.165, 1.54) is 0 Å². The lowest BCUT2D eigenvalue weighted by atomic mass is 10.1. The topological polar surface area (TPSA) is 97.9 Å². The van der Waals surface area contributed by atoms with Crippen LogP contribution in [0.4, 0.5) is 0 Å². The molecule has 8 heteroatoms. The lowest BCUT2D eigenvalue weighted by Crippen LogP contribution is -2.39. The number of amides is 1. The minimum atomic E-state index is -0.544. The highest BCUT2D eigenvalue weighted by Crippen LogP contribution is 2.27. The van der Waals surface area contributed by atoms with Crippen molar-refractivity contribution in [1.82, 2.24) is 30.1 Å². The Balaban J connectivity index is 1.41. The quantitative estimate of drug-likeness (QED) is 0.715. The van der Waals surface area contributed by atoms with Crippen LogP contribution in [0.5, 0.6) is 0 Å². The fraction of sp³-hybridized carbons (Fsp3) is 0.333. The van der Waals surface area contributed by atoms with Gasteiger partial charge in [0, 0.05) is 24.5 Å². The Hall–Kier alpha value is -3.00. The number of aromatic nitrogens is 5. The van der Waals surface area contributed by atoms with Gasteiger partial charge < -0.3 is 10.4 Å². The van der Waals surface area contributed by atoms with Gasteiger partial charge in [-0.05, 0) is 43.0 Å². The van der Waals surface area contributed by atoms with Crippen molar-refractivity contribution in [3.05, 3.63) is 60.7 Å². The van der Waals surface area contributed by atoms with Crippen LogP contribution in [0, 0.1) is 5.92 Å². The van der Waals surface area contributed by atoms with Gasteiger partial charge in [-0.1, -0.05) is 11.3 Å². The SMILES string of the molecule is O=C(N[C@@H]1CC(Cn2cccn2)C[C@H]1O)c1cccc(-n2ccnn2)c1. The van der Waals surface area contributed by atoms with Crippen molar-refractivity contribution >= 4 is 5.91 Å². The van der Waals surface area contributed by atoms with E-state index >= 15 is 0 Å². The Morgan fingerprint density at radius 2 is 2.15 bits per heavy atom. The number of aliphatic hydroxyl groups is 1. The lowest BCUT2D eigenvalue weighted by molar-refractivity contribution is 0.0872. The van der Waals surface area contributed by atoms with Crippen LogP contribution in [0.1, 0.15) is 23.2 Å². The summed E-state index contributed by atoms with van der Waals surface area (Å²) < 4.78 is 3.46. The summed E-state index contributed by atoms with van der Waals surface area (Å²) in [5.74, 6) is 0.0902. The number of rotatable bonds is 5. The molecule has 1 fully saturated rings. The van der Waals surface area contributed by atoms with Crippen molar-refractivity contribution in [2.24, 2.45) is 5.92 Å². The Morgan fingerprint density at radius 3 is 2.92 bits per heavy atom. The number of hydrogen-bond acceptors (Lipinski definition) is 5. The molecule has 4 rings (SSSR count). The predicted octanol–water partition coefficient (Wildman–Crippen LogP) is 1.03. The van der Waals surface area contributed by atoms with E-state index in [4.69, 9.17) is 0 Å². The maximum atomic E-state index is 12.6. The first-order chi connectivity index (χ1) is 12.7. The summed E-state index contributed by atoms with van der Waals surface area (Å²) >= 11 is 0. The number of nitrogens with one attached hydrogen (secondary N) is 1. The van der Waals surface area contributed by atoms with E-state index in [1.807, 2.05) is 23.0 Å². The molecule has 3 aromatic rings. The van der Waals surface area contributed by atoms with E-state index < -0.39 is 6.10 Å². The summed E-state index contributed by atoms with van der Waals surface area (Å²) in [5, 5.41) is 25.2. The molecule has 26 heavy (non-hydrogen) atoms. The molecule has 0 aliphatic heterocycles. The van der Waals surface area contributed by atoms with Crippen molar-refractivity contribution in [3.8, 4) is 5.69 Å². The van der Waals surface area contributed by atoms with E-state index in [0.717, 1.165) is 18.7 Å². The Morgan fingerprint density at radius 1 is 1.23 bits per heavy atom. The first-order valence-corrected chi connectivity index (χ1v) is 8.62. The second-order valence-electron chi connectivity index (χ2n) is 6.61. The van der Waals surface area contributed by atoms with Crippen LogP contribution in [0.25, 0.3) is 5.69 Å². The van der Waals surface area contributed by atoms with E-state index in [-0.39, 0.29) is 17.9 Å². The largest absolute Gasteiger partial charge is 0.391 e. The first-order valence-electron chi connectivity index (χ1n) is 8.62. The summed E-state index contributed by atoms with van der Waals surface area (Å²) in [6.45, 7) is 0.748. The number of aliphatic hydroxyl groups excluding tert-OH is 1. The Labute approximate surface area is 150 Å². The van der Waals surface area contributed by atoms with Crippen molar-refractivity contribution in [1.29, 1.82) is 0 Å². The molecule has 0 spiro atoms. The first kappa shape index (κ1) is 16.5.